The van der Waals surface area contributed by atoms with Gasteiger partial charge in [0, 0.05) is 35.8 Å². The second-order valence-electron chi connectivity index (χ2n) is 6.02. The number of benzene rings is 1. The predicted octanol–water partition coefficient (Wildman–Crippen LogP) is 3.50. The quantitative estimate of drug-likeness (QED) is 0.883. The van der Waals surface area contributed by atoms with Crippen molar-refractivity contribution < 1.29 is 9.59 Å². The highest BCUT2D eigenvalue weighted by Gasteiger charge is 2.27. The van der Waals surface area contributed by atoms with Crippen molar-refractivity contribution >= 4 is 29.2 Å². The van der Waals surface area contributed by atoms with Crippen molar-refractivity contribution in [2.24, 2.45) is 5.92 Å². The average molecular weight is 338 g/mol. The van der Waals surface area contributed by atoms with Crippen LogP contribution in [0.4, 0.5) is 10.5 Å². The van der Waals surface area contributed by atoms with Crippen LogP contribution in [0.15, 0.2) is 24.3 Å². The van der Waals surface area contributed by atoms with Gasteiger partial charge in [-0.2, -0.15) is 0 Å². The number of carbonyl (C=O) groups excluding carboxylic acids is 2. The lowest BCUT2D eigenvalue weighted by Gasteiger charge is -2.31. The van der Waals surface area contributed by atoms with Gasteiger partial charge in [-0.25, -0.2) is 4.79 Å². The highest BCUT2D eigenvalue weighted by molar-refractivity contribution is 6.30. The monoisotopic (exact) mass is 337 g/mol. The van der Waals surface area contributed by atoms with Crippen molar-refractivity contribution in [3.05, 3.63) is 29.3 Å². The number of nitrogens with one attached hydrogen (secondary N) is 2. The molecular formula is C17H24ClN3O2. The second-order valence-corrected chi connectivity index (χ2v) is 6.45. The van der Waals surface area contributed by atoms with Crippen molar-refractivity contribution in [1.29, 1.82) is 0 Å². The molecule has 5 nitrogen and oxygen atoms in total. The molecule has 126 valence electrons. The number of urea groups is 1. The van der Waals surface area contributed by atoms with E-state index >= 15 is 0 Å². The zero-order valence-corrected chi connectivity index (χ0v) is 14.4. The summed E-state index contributed by atoms with van der Waals surface area (Å²) < 4.78 is 0. The van der Waals surface area contributed by atoms with Gasteiger partial charge in [0.2, 0.25) is 5.91 Å². The second kappa shape index (κ2) is 8.20. The molecule has 0 bridgehead atoms. The van der Waals surface area contributed by atoms with E-state index in [0.29, 0.717) is 31.0 Å². The van der Waals surface area contributed by atoms with E-state index in [-0.39, 0.29) is 23.9 Å². The molecule has 0 aromatic heterocycles. The van der Waals surface area contributed by atoms with E-state index in [0.717, 1.165) is 12.1 Å². The third-order valence-electron chi connectivity index (χ3n) is 4.25. The summed E-state index contributed by atoms with van der Waals surface area (Å²) >= 11 is 5.83. The average Bonchev–Trinajstić information content (AvgIpc) is 2.56. The Kier molecular flexibility index (Phi) is 6.28. The fourth-order valence-electron chi connectivity index (χ4n) is 2.54. The Morgan fingerprint density at radius 2 is 1.87 bits per heavy atom. The van der Waals surface area contributed by atoms with Crippen LogP contribution >= 0.6 is 11.6 Å². The standard InChI is InChI=1S/C17H24ClN3O2/c1-3-12(2)19-16(22)13-8-10-21(11-9-13)17(23)20-15-6-4-14(18)5-7-15/h4-7,12-13H,3,8-11H2,1-2H3,(H,19,22)(H,20,23)/t12-/m0/s1. The van der Waals surface area contributed by atoms with Gasteiger partial charge in [-0.3, -0.25) is 4.79 Å². The molecule has 1 heterocycles. The first-order valence-corrected chi connectivity index (χ1v) is 8.49. The van der Waals surface area contributed by atoms with E-state index in [2.05, 4.69) is 17.6 Å². The SMILES string of the molecule is CC[C@H](C)NC(=O)C1CCN(C(=O)Nc2ccc(Cl)cc2)CC1. The smallest absolute Gasteiger partial charge is 0.321 e. The molecule has 1 aliphatic heterocycles. The van der Waals surface area contributed by atoms with E-state index in [1.54, 1.807) is 29.2 Å². The number of amides is 3. The van der Waals surface area contributed by atoms with E-state index < -0.39 is 0 Å². The van der Waals surface area contributed by atoms with Crippen molar-refractivity contribution in [3.63, 3.8) is 0 Å². The number of hydrogen-bond acceptors (Lipinski definition) is 2. The van der Waals surface area contributed by atoms with Crippen LogP contribution in [0.1, 0.15) is 33.1 Å². The number of anilines is 1. The fourth-order valence-corrected chi connectivity index (χ4v) is 2.67. The minimum absolute atomic E-state index is 0.00332. The number of piperidine rings is 1. The number of halogens is 1. The van der Waals surface area contributed by atoms with Gasteiger partial charge in [-0.1, -0.05) is 18.5 Å². The number of nitrogens with zero attached hydrogens (tertiary/aromatic N) is 1. The maximum Gasteiger partial charge on any atom is 0.321 e. The van der Waals surface area contributed by atoms with Crippen molar-refractivity contribution in [2.45, 2.75) is 39.2 Å². The summed E-state index contributed by atoms with van der Waals surface area (Å²) in [5, 5.41) is 6.51. The number of rotatable bonds is 4. The molecule has 2 N–H and O–H groups in total. The molecule has 0 spiro atoms. The zero-order chi connectivity index (χ0) is 16.8. The van der Waals surface area contributed by atoms with Gasteiger partial charge in [-0.05, 0) is 50.5 Å². The Bertz CT molecular complexity index is 539. The largest absolute Gasteiger partial charge is 0.353 e. The van der Waals surface area contributed by atoms with Gasteiger partial charge in [0.25, 0.3) is 0 Å². The maximum atomic E-state index is 12.2. The van der Waals surface area contributed by atoms with Crippen LogP contribution in [0.25, 0.3) is 0 Å². The summed E-state index contributed by atoms with van der Waals surface area (Å²) in [5.74, 6) is 0.112. The summed E-state index contributed by atoms with van der Waals surface area (Å²) in [6.45, 7) is 5.25. The third-order valence-corrected chi connectivity index (χ3v) is 4.50. The van der Waals surface area contributed by atoms with Crippen LogP contribution in [0.5, 0.6) is 0 Å². The molecule has 1 saturated heterocycles. The van der Waals surface area contributed by atoms with Gasteiger partial charge in [0.15, 0.2) is 0 Å². The molecule has 3 amide bonds. The predicted molar refractivity (Wildman–Crippen MR) is 92.7 cm³/mol. The van der Waals surface area contributed by atoms with E-state index in [9.17, 15) is 9.59 Å². The van der Waals surface area contributed by atoms with Gasteiger partial charge < -0.3 is 15.5 Å². The van der Waals surface area contributed by atoms with Gasteiger partial charge in [0.1, 0.15) is 0 Å². The molecule has 1 atom stereocenters. The molecule has 0 radical (unpaired) electrons. The Morgan fingerprint density at radius 1 is 1.26 bits per heavy atom. The summed E-state index contributed by atoms with van der Waals surface area (Å²) in [6.07, 6.45) is 2.33. The molecule has 0 saturated carbocycles. The molecule has 6 heteroatoms. The summed E-state index contributed by atoms with van der Waals surface area (Å²) in [4.78, 5) is 26.1. The topological polar surface area (TPSA) is 61.4 Å². The maximum absolute atomic E-state index is 12.2. The van der Waals surface area contributed by atoms with Crippen LogP contribution < -0.4 is 10.6 Å². The molecule has 1 aromatic carbocycles. The van der Waals surface area contributed by atoms with Crippen LogP contribution in [0.3, 0.4) is 0 Å². The molecule has 0 aliphatic carbocycles. The normalized spacial score (nSPS) is 16.7. The minimum atomic E-state index is -0.131. The van der Waals surface area contributed by atoms with E-state index in [4.69, 9.17) is 11.6 Å². The summed E-state index contributed by atoms with van der Waals surface area (Å²) in [6, 6.07) is 7.09. The number of likely N-dealkylation sites (tertiary alicyclic amines) is 1. The van der Waals surface area contributed by atoms with Crippen LogP contribution in [-0.4, -0.2) is 36.0 Å². The third kappa shape index (κ3) is 5.13. The van der Waals surface area contributed by atoms with Crippen LogP contribution in [0.2, 0.25) is 5.02 Å². The molecule has 1 aliphatic rings. The summed E-state index contributed by atoms with van der Waals surface area (Å²) in [5.41, 5.74) is 0.719. The first-order valence-electron chi connectivity index (χ1n) is 8.11. The lowest BCUT2D eigenvalue weighted by Crippen LogP contribution is -2.45. The Labute approximate surface area is 142 Å². The van der Waals surface area contributed by atoms with Crippen molar-refractivity contribution in [2.75, 3.05) is 18.4 Å². The van der Waals surface area contributed by atoms with Gasteiger partial charge >= 0.3 is 6.03 Å². The molecule has 0 unspecified atom stereocenters. The Morgan fingerprint density at radius 3 is 2.43 bits per heavy atom. The van der Waals surface area contributed by atoms with E-state index in [1.807, 2.05) is 6.92 Å². The Hall–Kier alpha value is -1.75. The highest BCUT2D eigenvalue weighted by Crippen LogP contribution is 2.19. The number of hydrogen-bond donors (Lipinski definition) is 2. The molecule has 1 fully saturated rings. The van der Waals surface area contributed by atoms with Crippen molar-refractivity contribution in [1.82, 2.24) is 10.2 Å². The van der Waals surface area contributed by atoms with Crippen LogP contribution in [0, 0.1) is 5.92 Å². The molecule has 2 rings (SSSR count). The first-order chi connectivity index (χ1) is 11.0. The lowest BCUT2D eigenvalue weighted by molar-refractivity contribution is -0.126. The van der Waals surface area contributed by atoms with Crippen molar-refractivity contribution in [3.8, 4) is 0 Å². The van der Waals surface area contributed by atoms with Gasteiger partial charge in [0.05, 0.1) is 0 Å². The minimum Gasteiger partial charge on any atom is -0.353 e. The zero-order valence-electron chi connectivity index (χ0n) is 13.6. The first kappa shape index (κ1) is 17.6. The highest BCUT2D eigenvalue weighted by atomic mass is 35.5. The molecule has 1 aromatic rings. The molecular weight excluding hydrogens is 314 g/mol. The van der Waals surface area contributed by atoms with E-state index in [1.165, 1.54) is 0 Å². The molecule has 23 heavy (non-hydrogen) atoms. The Balaban J connectivity index is 1.80. The fraction of sp³-hybridized carbons (Fsp3) is 0.529. The number of carbonyl (C=O) groups is 2. The summed E-state index contributed by atoms with van der Waals surface area (Å²) in [7, 11) is 0. The lowest BCUT2D eigenvalue weighted by atomic mass is 9.95. The van der Waals surface area contributed by atoms with Gasteiger partial charge in [-0.15, -0.1) is 0 Å². The van der Waals surface area contributed by atoms with Crippen LogP contribution in [-0.2, 0) is 4.79 Å².